The maximum atomic E-state index is 12.0. The number of amides is 1. The van der Waals surface area contributed by atoms with Crippen molar-refractivity contribution in [2.75, 3.05) is 11.4 Å². The lowest BCUT2D eigenvalue weighted by molar-refractivity contribution is -0.118. The number of anilines is 1. The van der Waals surface area contributed by atoms with Gasteiger partial charge in [0.05, 0.1) is 0 Å². The molecule has 0 spiro atoms. The number of hydrogen-bond acceptors (Lipinski definition) is 1. The molecule has 0 N–H and O–H groups in total. The highest BCUT2D eigenvalue weighted by Gasteiger charge is 2.30. The van der Waals surface area contributed by atoms with Crippen LogP contribution in [0.4, 0.5) is 5.69 Å². The second-order valence-electron chi connectivity index (χ2n) is 4.72. The van der Waals surface area contributed by atoms with Gasteiger partial charge < -0.3 is 4.90 Å². The van der Waals surface area contributed by atoms with Crippen LogP contribution in [0.15, 0.2) is 18.2 Å². The van der Waals surface area contributed by atoms with E-state index in [2.05, 4.69) is 40.8 Å². The monoisotopic (exact) mass is 327 g/mol. The molecule has 0 bridgehead atoms. The van der Waals surface area contributed by atoms with Gasteiger partial charge in [0, 0.05) is 22.2 Å². The molecule has 2 aliphatic rings. The minimum Gasteiger partial charge on any atom is -0.312 e. The SMILES string of the molecule is O=C1CCc2ccc(I)cc2N1CC1CC1. The van der Waals surface area contributed by atoms with E-state index < -0.39 is 0 Å². The molecular formula is C13H14INO. The maximum Gasteiger partial charge on any atom is 0.227 e. The van der Waals surface area contributed by atoms with Gasteiger partial charge in [0.1, 0.15) is 0 Å². The van der Waals surface area contributed by atoms with Crippen LogP contribution in [0.5, 0.6) is 0 Å². The summed E-state index contributed by atoms with van der Waals surface area (Å²) in [6.07, 6.45) is 4.18. The van der Waals surface area contributed by atoms with Gasteiger partial charge in [-0.05, 0) is 65.5 Å². The van der Waals surface area contributed by atoms with Gasteiger partial charge in [-0.15, -0.1) is 0 Å². The molecular weight excluding hydrogens is 313 g/mol. The normalized spacial score (nSPS) is 19.8. The molecule has 0 radical (unpaired) electrons. The highest BCUT2D eigenvalue weighted by Crippen LogP contribution is 2.35. The van der Waals surface area contributed by atoms with E-state index in [0.717, 1.165) is 24.6 Å². The van der Waals surface area contributed by atoms with Crippen molar-refractivity contribution in [2.45, 2.75) is 25.7 Å². The fourth-order valence-corrected chi connectivity index (χ4v) is 2.74. The maximum absolute atomic E-state index is 12.0. The molecule has 1 fully saturated rings. The summed E-state index contributed by atoms with van der Waals surface area (Å²) >= 11 is 2.31. The van der Waals surface area contributed by atoms with Crippen LogP contribution in [0.3, 0.4) is 0 Å². The first-order chi connectivity index (χ1) is 7.74. The minimum atomic E-state index is 0.307. The molecule has 1 aliphatic carbocycles. The first-order valence-corrected chi connectivity index (χ1v) is 6.91. The predicted octanol–water partition coefficient (Wildman–Crippen LogP) is 2.98. The van der Waals surface area contributed by atoms with Crippen molar-refractivity contribution in [3.63, 3.8) is 0 Å². The van der Waals surface area contributed by atoms with Crippen LogP contribution in [0.2, 0.25) is 0 Å². The Morgan fingerprint density at radius 2 is 2.12 bits per heavy atom. The second kappa shape index (κ2) is 4.02. The fourth-order valence-electron chi connectivity index (χ4n) is 2.27. The zero-order chi connectivity index (χ0) is 11.1. The van der Waals surface area contributed by atoms with Gasteiger partial charge in [-0.1, -0.05) is 6.07 Å². The molecule has 1 saturated carbocycles. The van der Waals surface area contributed by atoms with E-state index in [0.29, 0.717) is 12.3 Å². The lowest BCUT2D eigenvalue weighted by Crippen LogP contribution is -2.36. The summed E-state index contributed by atoms with van der Waals surface area (Å²) in [6, 6.07) is 6.45. The molecule has 1 aliphatic heterocycles. The third kappa shape index (κ3) is 1.97. The van der Waals surface area contributed by atoms with Crippen LogP contribution >= 0.6 is 22.6 Å². The van der Waals surface area contributed by atoms with E-state index in [4.69, 9.17) is 0 Å². The molecule has 0 aromatic heterocycles. The number of carbonyl (C=O) groups excluding carboxylic acids is 1. The average molecular weight is 327 g/mol. The number of benzene rings is 1. The summed E-state index contributed by atoms with van der Waals surface area (Å²) in [5.41, 5.74) is 2.50. The third-order valence-corrected chi connectivity index (χ3v) is 4.06. The topological polar surface area (TPSA) is 20.3 Å². The van der Waals surface area contributed by atoms with Crippen molar-refractivity contribution in [1.82, 2.24) is 0 Å². The molecule has 1 amide bonds. The number of nitrogens with zero attached hydrogens (tertiary/aromatic N) is 1. The molecule has 3 heteroatoms. The van der Waals surface area contributed by atoms with Crippen molar-refractivity contribution >= 4 is 34.2 Å². The van der Waals surface area contributed by atoms with Crippen LogP contribution in [-0.2, 0) is 11.2 Å². The summed E-state index contributed by atoms with van der Waals surface area (Å²) in [6.45, 7) is 0.936. The first kappa shape index (κ1) is 10.6. The Morgan fingerprint density at radius 3 is 2.88 bits per heavy atom. The predicted molar refractivity (Wildman–Crippen MR) is 72.6 cm³/mol. The number of hydrogen-bond donors (Lipinski definition) is 0. The van der Waals surface area contributed by atoms with Crippen molar-refractivity contribution < 1.29 is 4.79 Å². The van der Waals surface area contributed by atoms with Crippen LogP contribution < -0.4 is 4.90 Å². The molecule has 3 rings (SSSR count). The Morgan fingerprint density at radius 1 is 1.31 bits per heavy atom. The number of aryl methyl sites for hydroxylation is 1. The minimum absolute atomic E-state index is 0.307. The number of fused-ring (bicyclic) bond motifs is 1. The highest BCUT2D eigenvalue weighted by atomic mass is 127. The Hall–Kier alpha value is -0.580. The van der Waals surface area contributed by atoms with Gasteiger partial charge in [0.15, 0.2) is 0 Å². The van der Waals surface area contributed by atoms with Crippen molar-refractivity contribution in [2.24, 2.45) is 5.92 Å². The molecule has 1 aromatic carbocycles. The smallest absolute Gasteiger partial charge is 0.227 e. The summed E-state index contributed by atoms with van der Waals surface area (Å²) in [7, 11) is 0. The molecule has 2 nitrogen and oxygen atoms in total. The lowest BCUT2D eigenvalue weighted by Gasteiger charge is -2.29. The van der Waals surface area contributed by atoms with Crippen LogP contribution in [0, 0.1) is 9.49 Å². The fraction of sp³-hybridized carbons (Fsp3) is 0.462. The molecule has 84 valence electrons. The van der Waals surface area contributed by atoms with Gasteiger partial charge >= 0.3 is 0 Å². The average Bonchev–Trinajstić information content (AvgIpc) is 3.06. The van der Waals surface area contributed by atoms with E-state index in [9.17, 15) is 4.79 Å². The van der Waals surface area contributed by atoms with Gasteiger partial charge in [0.25, 0.3) is 0 Å². The Labute approximate surface area is 109 Å². The van der Waals surface area contributed by atoms with E-state index in [1.807, 2.05) is 4.90 Å². The first-order valence-electron chi connectivity index (χ1n) is 5.83. The summed E-state index contributed by atoms with van der Waals surface area (Å²) < 4.78 is 1.21. The number of rotatable bonds is 2. The van der Waals surface area contributed by atoms with Crippen molar-refractivity contribution in [1.29, 1.82) is 0 Å². The standard InChI is InChI=1S/C13H14INO/c14-11-5-3-10-4-6-13(16)15(12(10)7-11)8-9-1-2-9/h3,5,7,9H,1-2,4,6,8H2. The lowest BCUT2D eigenvalue weighted by atomic mass is 10.0. The van der Waals surface area contributed by atoms with E-state index in [-0.39, 0.29) is 0 Å². The van der Waals surface area contributed by atoms with Crippen molar-refractivity contribution in [3.8, 4) is 0 Å². The van der Waals surface area contributed by atoms with Gasteiger partial charge in [-0.3, -0.25) is 4.79 Å². The van der Waals surface area contributed by atoms with Crippen LogP contribution in [0.25, 0.3) is 0 Å². The molecule has 0 unspecified atom stereocenters. The largest absolute Gasteiger partial charge is 0.312 e. The summed E-state index contributed by atoms with van der Waals surface area (Å²) in [5.74, 6) is 1.06. The zero-order valence-electron chi connectivity index (χ0n) is 9.08. The Kier molecular flexibility index (Phi) is 2.65. The molecule has 16 heavy (non-hydrogen) atoms. The summed E-state index contributed by atoms with van der Waals surface area (Å²) in [5, 5.41) is 0. The highest BCUT2D eigenvalue weighted by molar-refractivity contribution is 14.1. The zero-order valence-corrected chi connectivity index (χ0v) is 11.2. The van der Waals surface area contributed by atoms with Gasteiger partial charge in [-0.2, -0.15) is 0 Å². The third-order valence-electron chi connectivity index (χ3n) is 3.39. The Bertz CT molecular complexity index is 440. The van der Waals surface area contributed by atoms with Crippen LogP contribution in [0.1, 0.15) is 24.8 Å². The molecule has 0 saturated heterocycles. The Balaban J connectivity index is 1.96. The summed E-state index contributed by atoms with van der Waals surface area (Å²) in [4.78, 5) is 14.0. The molecule has 1 heterocycles. The van der Waals surface area contributed by atoms with E-state index in [1.165, 1.54) is 22.0 Å². The second-order valence-corrected chi connectivity index (χ2v) is 5.97. The number of carbonyl (C=O) groups is 1. The molecule has 0 atom stereocenters. The van der Waals surface area contributed by atoms with E-state index >= 15 is 0 Å². The molecule has 1 aromatic rings. The van der Waals surface area contributed by atoms with Gasteiger partial charge in [-0.25, -0.2) is 0 Å². The van der Waals surface area contributed by atoms with Gasteiger partial charge in [0.2, 0.25) is 5.91 Å². The van der Waals surface area contributed by atoms with E-state index in [1.54, 1.807) is 0 Å². The van der Waals surface area contributed by atoms with Crippen LogP contribution in [-0.4, -0.2) is 12.5 Å². The number of halogens is 1. The van der Waals surface area contributed by atoms with Crippen molar-refractivity contribution in [3.05, 3.63) is 27.3 Å². The quantitative estimate of drug-likeness (QED) is 0.765.